The van der Waals surface area contributed by atoms with Crippen LogP contribution in [-0.4, -0.2) is 53.7 Å². The fraction of sp³-hybridized carbons (Fsp3) is 0.538. The van der Waals surface area contributed by atoms with Crippen LogP contribution < -0.4 is 14.8 Å². The molecule has 0 amide bonds. The van der Waals surface area contributed by atoms with Crippen molar-refractivity contribution < 1.29 is 19.4 Å². The lowest BCUT2D eigenvalue weighted by Gasteiger charge is -2.27. The van der Waals surface area contributed by atoms with Gasteiger partial charge in [0.25, 0.3) is 0 Å². The molecule has 0 bridgehead atoms. The number of hydrogen-bond donors (Lipinski definition) is 2. The standard InChI is InChI=1S/C26H33N7O4/c1-16-21(37-18-6-4-5-17(13-18)24(34)35)8-7-19(29-16)23-20(33(3)32-31-23)14-28-25-27-12-9-22(30-25)36-15-26(2)10-11-26/h7-9,12,17-18H,4-6,10-11,13-15H2,1-3H3,(H,34,35)(H,27,28,30)/t17-,18-/m0/s1. The molecule has 11 nitrogen and oxygen atoms in total. The third kappa shape index (κ3) is 5.98. The summed E-state index contributed by atoms with van der Waals surface area (Å²) in [6.07, 6.45) is 6.85. The Labute approximate surface area is 215 Å². The number of aromatic nitrogens is 6. The molecule has 2 N–H and O–H groups in total. The fourth-order valence-corrected chi connectivity index (χ4v) is 4.51. The number of aryl methyl sites for hydroxylation is 2. The van der Waals surface area contributed by atoms with Crippen molar-refractivity contribution in [1.82, 2.24) is 29.9 Å². The lowest BCUT2D eigenvalue weighted by molar-refractivity contribution is -0.143. The lowest BCUT2D eigenvalue weighted by Crippen LogP contribution is -2.29. The maximum Gasteiger partial charge on any atom is 0.306 e. The third-order valence-electron chi connectivity index (χ3n) is 7.21. The van der Waals surface area contributed by atoms with E-state index in [2.05, 4.69) is 32.5 Å². The number of carbonyl (C=O) groups is 1. The molecule has 2 saturated carbocycles. The molecule has 3 aromatic heterocycles. The van der Waals surface area contributed by atoms with Crippen molar-refractivity contribution in [2.24, 2.45) is 18.4 Å². The number of carboxylic acid groups (broad SMARTS) is 1. The zero-order valence-electron chi connectivity index (χ0n) is 21.5. The number of carboxylic acids is 1. The summed E-state index contributed by atoms with van der Waals surface area (Å²) in [4.78, 5) is 24.9. The molecule has 0 radical (unpaired) electrons. The normalized spacial score (nSPS) is 20.3. The molecule has 196 valence electrons. The van der Waals surface area contributed by atoms with E-state index in [9.17, 15) is 9.90 Å². The van der Waals surface area contributed by atoms with Gasteiger partial charge >= 0.3 is 5.97 Å². The summed E-state index contributed by atoms with van der Waals surface area (Å²) in [6, 6.07) is 5.49. The van der Waals surface area contributed by atoms with E-state index in [1.807, 2.05) is 26.1 Å². The predicted molar refractivity (Wildman–Crippen MR) is 135 cm³/mol. The molecule has 0 unspecified atom stereocenters. The Hall–Kier alpha value is -3.76. The van der Waals surface area contributed by atoms with Gasteiger partial charge in [-0.05, 0) is 57.6 Å². The van der Waals surface area contributed by atoms with E-state index < -0.39 is 5.97 Å². The molecule has 5 rings (SSSR count). The number of pyridine rings is 1. The second-order valence-electron chi connectivity index (χ2n) is 10.4. The van der Waals surface area contributed by atoms with Crippen LogP contribution in [0.3, 0.4) is 0 Å². The highest BCUT2D eigenvalue weighted by molar-refractivity contribution is 5.70. The average Bonchev–Trinajstić information content (AvgIpc) is 3.52. The first-order valence-electron chi connectivity index (χ1n) is 12.8. The first-order valence-corrected chi connectivity index (χ1v) is 12.8. The minimum atomic E-state index is -0.750. The molecule has 2 aliphatic carbocycles. The second kappa shape index (κ2) is 10.3. The van der Waals surface area contributed by atoms with Crippen LogP contribution in [0.1, 0.15) is 56.8 Å². The molecule has 11 heteroatoms. The summed E-state index contributed by atoms with van der Waals surface area (Å²) in [7, 11) is 1.83. The summed E-state index contributed by atoms with van der Waals surface area (Å²) in [5.74, 6) is 0.576. The molecule has 3 aromatic rings. The Morgan fingerprint density at radius 1 is 1.24 bits per heavy atom. The van der Waals surface area contributed by atoms with Crippen molar-refractivity contribution >= 4 is 11.9 Å². The predicted octanol–water partition coefficient (Wildman–Crippen LogP) is 3.79. The minimum Gasteiger partial charge on any atom is -0.489 e. The molecule has 0 aromatic carbocycles. The van der Waals surface area contributed by atoms with E-state index in [1.54, 1.807) is 16.9 Å². The van der Waals surface area contributed by atoms with Crippen LogP contribution in [-0.2, 0) is 18.4 Å². The zero-order chi connectivity index (χ0) is 26.0. The number of anilines is 1. The summed E-state index contributed by atoms with van der Waals surface area (Å²) in [5.41, 5.74) is 3.16. The summed E-state index contributed by atoms with van der Waals surface area (Å²) >= 11 is 0. The van der Waals surface area contributed by atoms with Gasteiger partial charge in [-0.2, -0.15) is 4.98 Å². The van der Waals surface area contributed by atoms with E-state index in [0.717, 1.165) is 24.2 Å². The molecule has 0 aliphatic heterocycles. The molecular weight excluding hydrogens is 474 g/mol. The molecule has 0 saturated heterocycles. The SMILES string of the molecule is Cc1nc(-c2nnn(C)c2CNc2nccc(OCC3(C)CC3)n2)ccc1O[C@H]1CCC[C@H](C(=O)O)C1. The van der Waals surface area contributed by atoms with Gasteiger partial charge in [0, 0.05) is 24.7 Å². The van der Waals surface area contributed by atoms with E-state index in [4.69, 9.17) is 14.5 Å². The van der Waals surface area contributed by atoms with Gasteiger partial charge in [0.15, 0.2) is 0 Å². The number of hydrogen-bond acceptors (Lipinski definition) is 9. The summed E-state index contributed by atoms with van der Waals surface area (Å²) in [5, 5.41) is 21.1. The van der Waals surface area contributed by atoms with Gasteiger partial charge in [0.2, 0.25) is 11.8 Å². The smallest absolute Gasteiger partial charge is 0.306 e. The average molecular weight is 508 g/mol. The van der Waals surface area contributed by atoms with Gasteiger partial charge in [0.1, 0.15) is 11.4 Å². The van der Waals surface area contributed by atoms with Crippen LogP contribution in [0.4, 0.5) is 5.95 Å². The lowest BCUT2D eigenvalue weighted by atomic mass is 9.87. The monoisotopic (exact) mass is 507 g/mol. The van der Waals surface area contributed by atoms with Crippen LogP contribution in [0, 0.1) is 18.3 Å². The number of nitrogens with one attached hydrogen (secondary N) is 1. The van der Waals surface area contributed by atoms with Crippen LogP contribution in [0.15, 0.2) is 24.4 Å². The fourth-order valence-electron chi connectivity index (χ4n) is 4.51. The second-order valence-corrected chi connectivity index (χ2v) is 10.4. The number of aliphatic carboxylic acids is 1. The third-order valence-corrected chi connectivity index (χ3v) is 7.21. The van der Waals surface area contributed by atoms with Gasteiger partial charge < -0.3 is 19.9 Å². The molecular formula is C26H33N7O4. The minimum absolute atomic E-state index is 0.121. The Kier molecular flexibility index (Phi) is 6.94. The van der Waals surface area contributed by atoms with Gasteiger partial charge in [-0.25, -0.2) is 14.6 Å². The van der Waals surface area contributed by atoms with Crippen molar-refractivity contribution in [3.63, 3.8) is 0 Å². The van der Waals surface area contributed by atoms with Crippen LogP contribution >= 0.6 is 0 Å². The van der Waals surface area contributed by atoms with E-state index in [0.29, 0.717) is 55.0 Å². The quantitative estimate of drug-likeness (QED) is 0.417. The van der Waals surface area contributed by atoms with E-state index in [1.165, 1.54) is 12.8 Å². The zero-order valence-corrected chi connectivity index (χ0v) is 21.5. The van der Waals surface area contributed by atoms with Crippen LogP contribution in [0.5, 0.6) is 11.6 Å². The van der Waals surface area contributed by atoms with E-state index >= 15 is 0 Å². The largest absolute Gasteiger partial charge is 0.489 e. The van der Waals surface area contributed by atoms with Crippen LogP contribution in [0.2, 0.25) is 0 Å². The molecule has 37 heavy (non-hydrogen) atoms. The maximum atomic E-state index is 11.4. The van der Waals surface area contributed by atoms with Gasteiger partial charge in [-0.15, -0.1) is 5.10 Å². The van der Waals surface area contributed by atoms with Crippen molar-refractivity contribution in [2.75, 3.05) is 11.9 Å². The molecule has 2 atom stereocenters. The molecule has 2 aliphatic rings. The van der Waals surface area contributed by atoms with Crippen molar-refractivity contribution in [1.29, 1.82) is 0 Å². The first-order chi connectivity index (χ1) is 17.8. The highest BCUT2D eigenvalue weighted by Gasteiger charge is 2.38. The van der Waals surface area contributed by atoms with Crippen LogP contribution in [0.25, 0.3) is 11.4 Å². The maximum absolute atomic E-state index is 11.4. The van der Waals surface area contributed by atoms with Crippen molar-refractivity contribution in [3.05, 3.63) is 35.8 Å². The highest BCUT2D eigenvalue weighted by atomic mass is 16.5. The number of nitrogens with zero attached hydrogens (tertiary/aromatic N) is 6. The Balaban J connectivity index is 1.25. The van der Waals surface area contributed by atoms with Gasteiger partial charge in [-0.1, -0.05) is 12.1 Å². The van der Waals surface area contributed by atoms with Gasteiger partial charge in [0.05, 0.1) is 42.3 Å². The summed E-state index contributed by atoms with van der Waals surface area (Å²) < 4.78 is 13.7. The molecule has 3 heterocycles. The van der Waals surface area contributed by atoms with Crippen molar-refractivity contribution in [2.45, 2.75) is 65.0 Å². The Morgan fingerprint density at radius 3 is 2.84 bits per heavy atom. The molecule has 2 fully saturated rings. The Bertz CT molecular complexity index is 1270. The summed E-state index contributed by atoms with van der Waals surface area (Å²) in [6.45, 7) is 5.15. The first kappa shape index (κ1) is 24.9. The number of ether oxygens (including phenoxy) is 2. The Morgan fingerprint density at radius 2 is 2.08 bits per heavy atom. The highest BCUT2D eigenvalue weighted by Crippen LogP contribution is 2.45. The van der Waals surface area contributed by atoms with E-state index in [-0.39, 0.29) is 17.4 Å². The molecule has 0 spiro atoms. The van der Waals surface area contributed by atoms with Gasteiger partial charge in [-0.3, -0.25) is 4.79 Å². The number of rotatable bonds is 10. The van der Waals surface area contributed by atoms with Crippen molar-refractivity contribution in [3.8, 4) is 23.0 Å². The topological polar surface area (TPSA) is 137 Å².